The number of imide groups is 1. The number of amides is 4. The average Bonchev–Trinajstić information content (AvgIpc) is 3.06. The average molecular weight is 436 g/mol. The minimum Gasteiger partial charge on any atom is -0.354 e. The molecular formula is C25H29N3O4. The topological polar surface area (TPSA) is 86.8 Å². The summed E-state index contributed by atoms with van der Waals surface area (Å²) in [4.78, 5) is 53.4. The van der Waals surface area contributed by atoms with Gasteiger partial charge in [0.05, 0.1) is 11.1 Å². The quantitative estimate of drug-likeness (QED) is 0.581. The Hall–Kier alpha value is -3.48. The summed E-state index contributed by atoms with van der Waals surface area (Å²) < 4.78 is 0. The molecule has 0 bridgehead atoms. The van der Waals surface area contributed by atoms with E-state index >= 15 is 0 Å². The molecule has 0 spiro atoms. The van der Waals surface area contributed by atoms with Gasteiger partial charge in [-0.2, -0.15) is 0 Å². The van der Waals surface area contributed by atoms with Crippen molar-refractivity contribution in [2.45, 2.75) is 45.7 Å². The Bertz CT molecular complexity index is 955. The van der Waals surface area contributed by atoms with Crippen molar-refractivity contribution in [3.8, 4) is 0 Å². The van der Waals surface area contributed by atoms with Crippen molar-refractivity contribution in [2.24, 2.45) is 0 Å². The highest BCUT2D eigenvalue weighted by atomic mass is 16.2. The molecule has 2 aromatic carbocycles. The highest BCUT2D eigenvalue weighted by molar-refractivity contribution is 6.21. The van der Waals surface area contributed by atoms with Crippen molar-refractivity contribution >= 4 is 23.6 Å². The van der Waals surface area contributed by atoms with Gasteiger partial charge in [0.1, 0.15) is 6.04 Å². The van der Waals surface area contributed by atoms with E-state index in [1.807, 2.05) is 37.3 Å². The van der Waals surface area contributed by atoms with E-state index in [4.69, 9.17) is 0 Å². The minimum absolute atomic E-state index is 0.131. The zero-order valence-electron chi connectivity index (χ0n) is 18.5. The molecule has 1 atom stereocenters. The van der Waals surface area contributed by atoms with Gasteiger partial charge in [0.25, 0.3) is 11.8 Å². The molecule has 1 heterocycles. The summed E-state index contributed by atoms with van der Waals surface area (Å²) in [6.45, 7) is 4.71. The first kappa shape index (κ1) is 23.2. The fraction of sp³-hybridized carbons (Fsp3) is 0.360. The maximum Gasteiger partial charge on any atom is 0.261 e. The number of rotatable bonds is 10. The summed E-state index contributed by atoms with van der Waals surface area (Å²) >= 11 is 0. The van der Waals surface area contributed by atoms with E-state index in [0.29, 0.717) is 30.6 Å². The fourth-order valence-electron chi connectivity index (χ4n) is 3.73. The molecule has 2 aromatic rings. The first-order chi connectivity index (χ1) is 15.4. The van der Waals surface area contributed by atoms with E-state index in [1.165, 1.54) is 4.90 Å². The lowest BCUT2D eigenvalue weighted by atomic mass is 10.1. The first-order valence-corrected chi connectivity index (χ1v) is 11.0. The first-order valence-electron chi connectivity index (χ1n) is 11.0. The molecule has 1 aliphatic heterocycles. The Kier molecular flexibility index (Phi) is 7.76. The van der Waals surface area contributed by atoms with Gasteiger partial charge >= 0.3 is 0 Å². The standard InChI is InChI=1S/C25H29N3O4/c1-3-15-26-23(30)18(2)28(17-19-10-5-4-6-11-19)22(29)14-9-16-27-24(31)20-12-7-8-13-21(20)25(27)32/h4-8,10-13,18H,3,9,14-17H2,1-2H3,(H,26,30). The van der Waals surface area contributed by atoms with Crippen LogP contribution in [0.15, 0.2) is 54.6 Å². The highest BCUT2D eigenvalue weighted by Gasteiger charge is 2.35. The number of nitrogens with one attached hydrogen (secondary N) is 1. The van der Waals surface area contributed by atoms with Crippen LogP contribution in [0.5, 0.6) is 0 Å². The Labute approximate surface area is 188 Å². The van der Waals surface area contributed by atoms with E-state index in [2.05, 4.69) is 5.32 Å². The van der Waals surface area contributed by atoms with E-state index in [0.717, 1.165) is 12.0 Å². The predicted octanol–water partition coefficient (Wildman–Crippen LogP) is 3.01. The molecule has 0 aromatic heterocycles. The van der Waals surface area contributed by atoms with Crippen LogP contribution in [0, 0.1) is 0 Å². The number of fused-ring (bicyclic) bond motifs is 1. The van der Waals surface area contributed by atoms with Crippen molar-refractivity contribution in [3.05, 3.63) is 71.3 Å². The van der Waals surface area contributed by atoms with Crippen molar-refractivity contribution < 1.29 is 19.2 Å². The second kappa shape index (κ2) is 10.7. The maximum atomic E-state index is 13.1. The van der Waals surface area contributed by atoms with Crippen LogP contribution in [-0.2, 0) is 16.1 Å². The van der Waals surface area contributed by atoms with Crippen molar-refractivity contribution in [1.29, 1.82) is 0 Å². The second-order valence-corrected chi connectivity index (χ2v) is 7.89. The van der Waals surface area contributed by atoms with Gasteiger partial charge < -0.3 is 10.2 Å². The Morgan fingerprint density at radius 1 is 0.969 bits per heavy atom. The molecule has 3 rings (SSSR count). The van der Waals surface area contributed by atoms with Crippen LogP contribution in [0.2, 0.25) is 0 Å². The number of carbonyl (C=O) groups excluding carboxylic acids is 4. The molecule has 4 amide bonds. The van der Waals surface area contributed by atoms with Gasteiger partial charge in [-0.3, -0.25) is 24.1 Å². The van der Waals surface area contributed by atoms with Gasteiger partial charge in [-0.25, -0.2) is 0 Å². The van der Waals surface area contributed by atoms with Crippen molar-refractivity contribution in [1.82, 2.24) is 15.1 Å². The van der Waals surface area contributed by atoms with Crippen LogP contribution < -0.4 is 5.32 Å². The van der Waals surface area contributed by atoms with Crippen LogP contribution in [0.25, 0.3) is 0 Å². The molecule has 168 valence electrons. The highest BCUT2D eigenvalue weighted by Crippen LogP contribution is 2.23. The van der Waals surface area contributed by atoms with E-state index in [9.17, 15) is 19.2 Å². The third-order valence-electron chi connectivity index (χ3n) is 5.56. The van der Waals surface area contributed by atoms with Gasteiger partial charge in [0, 0.05) is 26.1 Å². The fourth-order valence-corrected chi connectivity index (χ4v) is 3.73. The third kappa shape index (κ3) is 5.22. The lowest BCUT2D eigenvalue weighted by Gasteiger charge is -2.29. The molecule has 1 aliphatic rings. The molecule has 32 heavy (non-hydrogen) atoms. The van der Waals surface area contributed by atoms with E-state index in [-0.39, 0.29) is 36.6 Å². The molecule has 0 fully saturated rings. The van der Waals surface area contributed by atoms with Crippen LogP contribution in [0.3, 0.4) is 0 Å². The van der Waals surface area contributed by atoms with Gasteiger partial charge in [-0.05, 0) is 37.5 Å². The number of hydrogen-bond donors (Lipinski definition) is 1. The molecule has 0 saturated carbocycles. The van der Waals surface area contributed by atoms with Gasteiger partial charge in [0.15, 0.2) is 0 Å². The van der Waals surface area contributed by atoms with E-state index < -0.39 is 6.04 Å². The summed E-state index contributed by atoms with van der Waals surface area (Å²) in [5.74, 6) is -1.04. The molecule has 0 radical (unpaired) electrons. The zero-order chi connectivity index (χ0) is 23.1. The largest absolute Gasteiger partial charge is 0.354 e. The molecule has 0 saturated heterocycles. The van der Waals surface area contributed by atoms with Crippen molar-refractivity contribution in [2.75, 3.05) is 13.1 Å². The molecule has 7 nitrogen and oxygen atoms in total. The van der Waals surface area contributed by atoms with Gasteiger partial charge in [0.2, 0.25) is 11.8 Å². The van der Waals surface area contributed by atoms with Crippen molar-refractivity contribution in [3.63, 3.8) is 0 Å². The summed E-state index contributed by atoms with van der Waals surface area (Å²) in [6, 6.07) is 15.6. The molecule has 1 unspecified atom stereocenters. The lowest BCUT2D eigenvalue weighted by molar-refractivity contribution is -0.140. The molecule has 0 aliphatic carbocycles. The number of carbonyl (C=O) groups is 4. The van der Waals surface area contributed by atoms with Gasteiger partial charge in [-0.1, -0.05) is 49.4 Å². The summed E-state index contributed by atoms with van der Waals surface area (Å²) in [7, 11) is 0. The predicted molar refractivity (Wildman–Crippen MR) is 121 cm³/mol. The Balaban J connectivity index is 1.64. The number of benzene rings is 2. The normalized spacial score (nSPS) is 13.6. The van der Waals surface area contributed by atoms with Gasteiger partial charge in [-0.15, -0.1) is 0 Å². The van der Waals surface area contributed by atoms with Crippen LogP contribution >= 0.6 is 0 Å². The second-order valence-electron chi connectivity index (χ2n) is 7.89. The number of hydrogen-bond acceptors (Lipinski definition) is 4. The molecular weight excluding hydrogens is 406 g/mol. The summed E-state index contributed by atoms with van der Waals surface area (Å²) in [5.41, 5.74) is 1.72. The number of nitrogens with zero attached hydrogens (tertiary/aromatic N) is 2. The summed E-state index contributed by atoms with van der Waals surface area (Å²) in [6.07, 6.45) is 1.27. The lowest BCUT2D eigenvalue weighted by Crippen LogP contribution is -2.47. The smallest absolute Gasteiger partial charge is 0.261 e. The van der Waals surface area contributed by atoms with Crippen LogP contribution in [-0.4, -0.2) is 52.6 Å². The SMILES string of the molecule is CCCNC(=O)C(C)N(Cc1ccccc1)C(=O)CCCN1C(=O)c2ccccc2C1=O. The molecule has 1 N–H and O–H groups in total. The Morgan fingerprint density at radius 2 is 1.56 bits per heavy atom. The van der Waals surface area contributed by atoms with Crippen LogP contribution in [0.1, 0.15) is 59.4 Å². The Morgan fingerprint density at radius 3 is 2.16 bits per heavy atom. The summed E-state index contributed by atoms with van der Waals surface area (Å²) in [5, 5.41) is 2.85. The van der Waals surface area contributed by atoms with E-state index in [1.54, 1.807) is 36.1 Å². The molecule has 7 heteroatoms. The minimum atomic E-state index is -0.631. The zero-order valence-corrected chi connectivity index (χ0v) is 18.5. The van der Waals surface area contributed by atoms with Crippen LogP contribution in [0.4, 0.5) is 0 Å². The maximum absolute atomic E-state index is 13.1. The monoisotopic (exact) mass is 435 g/mol. The third-order valence-corrected chi connectivity index (χ3v) is 5.56.